The van der Waals surface area contributed by atoms with Gasteiger partial charge in [0.1, 0.15) is 5.82 Å². The fourth-order valence-electron chi connectivity index (χ4n) is 2.02. The number of halogens is 1. The predicted octanol–water partition coefficient (Wildman–Crippen LogP) is 2.63. The molecule has 0 bridgehead atoms. The molecule has 3 aromatic rings. The minimum absolute atomic E-state index is 0.0448. The number of nitrogens with two attached hydrogens (primary N) is 1. The number of nitrogens with one attached hydrogen (secondary N) is 2. The highest BCUT2D eigenvalue weighted by molar-refractivity contribution is 7.98. The van der Waals surface area contributed by atoms with Gasteiger partial charge >= 0.3 is 0 Å². The number of benzene rings is 1. The van der Waals surface area contributed by atoms with E-state index in [4.69, 9.17) is 10.2 Å². The van der Waals surface area contributed by atoms with E-state index in [0.717, 1.165) is 5.56 Å². The lowest BCUT2D eigenvalue weighted by Gasteiger charge is -2.07. The fraction of sp³-hybridized carbons (Fsp3) is 0.0625. The van der Waals surface area contributed by atoms with Crippen molar-refractivity contribution < 1.29 is 13.6 Å². The molecule has 4 N–H and O–H groups in total. The third kappa shape index (κ3) is 4.07. The Kier molecular flexibility index (Phi) is 4.85. The summed E-state index contributed by atoms with van der Waals surface area (Å²) in [4.78, 5) is 30.6. The second-order valence-corrected chi connectivity index (χ2v) is 5.95. The second-order valence-electron chi connectivity index (χ2n) is 4.98. The number of amides is 1. The van der Waals surface area contributed by atoms with Crippen molar-refractivity contribution in [2.75, 3.05) is 11.1 Å². The number of hydrogen-bond acceptors (Lipinski definition) is 6. The minimum atomic E-state index is -0.607. The molecule has 0 aliphatic carbocycles. The van der Waals surface area contributed by atoms with Crippen LogP contribution in [0.1, 0.15) is 16.1 Å². The van der Waals surface area contributed by atoms with Gasteiger partial charge in [-0.1, -0.05) is 23.9 Å². The van der Waals surface area contributed by atoms with Gasteiger partial charge in [0.05, 0.1) is 6.26 Å². The molecule has 9 heteroatoms. The zero-order chi connectivity index (χ0) is 17.8. The van der Waals surface area contributed by atoms with Crippen LogP contribution in [-0.2, 0) is 5.75 Å². The van der Waals surface area contributed by atoms with E-state index in [-0.39, 0.29) is 28.2 Å². The van der Waals surface area contributed by atoms with Crippen LogP contribution in [0.15, 0.2) is 57.0 Å². The van der Waals surface area contributed by atoms with Gasteiger partial charge in [-0.05, 0) is 29.8 Å². The number of carbonyl (C=O) groups excluding carboxylic acids is 1. The molecule has 0 atom stereocenters. The monoisotopic (exact) mass is 360 g/mol. The number of hydrogen-bond donors (Lipinski definition) is 3. The summed E-state index contributed by atoms with van der Waals surface area (Å²) in [5.41, 5.74) is 5.76. The number of rotatable bonds is 5. The van der Waals surface area contributed by atoms with Crippen LogP contribution < -0.4 is 16.6 Å². The van der Waals surface area contributed by atoms with Crippen molar-refractivity contribution in [2.24, 2.45) is 0 Å². The Hall–Kier alpha value is -3.07. The summed E-state index contributed by atoms with van der Waals surface area (Å²) < 4.78 is 18.1. The van der Waals surface area contributed by atoms with Crippen molar-refractivity contribution in [2.45, 2.75) is 10.9 Å². The molecule has 0 aliphatic heterocycles. The Morgan fingerprint density at radius 1 is 1.36 bits per heavy atom. The van der Waals surface area contributed by atoms with Crippen LogP contribution in [0.2, 0.25) is 0 Å². The van der Waals surface area contributed by atoms with Crippen LogP contribution in [0.3, 0.4) is 0 Å². The van der Waals surface area contributed by atoms with Crippen molar-refractivity contribution in [3.05, 3.63) is 70.2 Å². The zero-order valence-corrected chi connectivity index (χ0v) is 13.6. The number of H-pyrrole nitrogens is 1. The first-order chi connectivity index (χ1) is 12.0. The van der Waals surface area contributed by atoms with E-state index < -0.39 is 11.5 Å². The molecule has 0 aliphatic rings. The molecule has 0 unspecified atom stereocenters. The summed E-state index contributed by atoms with van der Waals surface area (Å²) in [5.74, 6) is -0.619. The van der Waals surface area contributed by atoms with Crippen molar-refractivity contribution in [1.29, 1.82) is 0 Å². The summed E-state index contributed by atoms with van der Waals surface area (Å²) in [6, 6.07) is 9.11. The van der Waals surface area contributed by atoms with Gasteiger partial charge in [0.2, 0.25) is 0 Å². The lowest BCUT2D eigenvalue weighted by Crippen LogP contribution is -2.22. The molecule has 0 saturated carbocycles. The van der Waals surface area contributed by atoms with Crippen LogP contribution in [-0.4, -0.2) is 15.9 Å². The molecular weight excluding hydrogens is 347 g/mol. The molecule has 0 spiro atoms. The summed E-state index contributed by atoms with van der Waals surface area (Å²) in [7, 11) is 0. The fourth-order valence-corrected chi connectivity index (χ4v) is 2.83. The topological polar surface area (TPSA) is 114 Å². The van der Waals surface area contributed by atoms with Gasteiger partial charge in [-0.15, -0.1) is 0 Å². The largest absolute Gasteiger partial charge is 0.459 e. The van der Waals surface area contributed by atoms with Gasteiger partial charge in [-0.3, -0.25) is 14.6 Å². The second kappa shape index (κ2) is 7.22. The van der Waals surface area contributed by atoms with Gasteiger partial charge in [-0.2, -0.15) is 0 Å². The van der Waals surface area contributed by atoms with Crippen LogP contribution >= 0.6 is 11.8 Å². The summed E-state index contributed by atoms with van der Waals surface area (Å²) in [6.45, 7) is 0. The number of thioether (sulfide) groups is 1. The van der Waals surface area contributed by atoms with Crippen LogP contribution in [0.4, 0.5) is 15.9 Å². The highest BCUT2D eigenvalue weighted by Gasteiger charge is 2.15. The first-order valence-corrected chi connectivity index (χ1v) is 8.13. The van der Waals surface area contributed by atoms with Gasteiger partial charge in [0, 0.05) is 5.75 Å². The summed E-state index contributed by atoms with van der Waals surface area (Å²) in [6.07, 6.45) is 1.34. The quantitative estimate of drug-likeness (QED) is 0.476. The summed E-state index contributed by atoms with van der Waals surface area (Å²) in [5, 5.41) is 2.63. The highest BCUT2D eigenvalue weighted by atomic mass is 32.2. The third-order valence-electron chi connectivity index (χ3n) is 3.17. The number of aromatic amines is 1. The molecule has 0 saturated heterocycles. The summed E-state index contributed by atoms with van der Waals surface area (Å²) >= 11 is 1.19. The number of nitrogen functional groups attached to an aromatic ring is 1. The molecule has 2 aromatic heterocycles. The molecule has 7 nitrogen and oxygen atoms in total. The first-order valence-electron chi connectivity index (χ1n) is 7.15. The van der Waals surface area contributed by atoms with E-state index in [1.54, 1.807) is 18.2 Å². The Morgan fingerprint density at radius 2 is 2.20 bits per heavy atom. The first kappa shape index (κ1) is 16.8. The minimum Gasteiger partial charge on any atom is -0.459 e. The standard InChI is InChI=1S/C16H13FN4O3S/c17-10-4-1-3-9(7-10)8-25-16-20-13(18)12(15(23)21-16)19-14(22)11-5-2-6-24-11/h1-7H,8H2,(H,19,22)(H3,18,20,21,23). The van der Waals surface area contributed by atoms with E-state index in [0.29, 0.717) is 5.75 Å². The van der Waals surface area contributed by atoms with Crippen molar-refractivity contribution >= 4 is 29.2 Å². The lowest BCUT2D eigenvalue weighted by molar-refractivity contribution is 0.0996. The maximum absolute atomic E-state index is 13.2. The molecule has 1 aromatic carbocycles. The van der Waals surface area contributed by atoms with Crippen LogP contribution in [0.25, 0.3) is 0 Å². The van der Waals surface area contributed by atoms with E-state index in [2.05, 4.69) is 15.3 Å². The average molecular weight is 360 g/mol. The van der Waals surface area contributed by atoms with Gasteiger partial charge < -0.3 is 15.5 Å². The molecule has 2 heterocycles. The van der Waals surface area contributed by atoms with E-state index in [1.165, 1.54) is 36.2 Å². The molecular formula is C16H13FN4O3S. The lowest BCUT2D eigenvalue weighted by atomic mass is 10.2. The van der Waals surface area contributed by atoms with Gasteiger partial charge in [-0.25, -0.2) is 9.37 Å². The molecule has 1 amide bonds. The smallest absolute Gasteiger partial charge is 0.291 e. The third-order valence-corrected chi connectivity index (χ3v) is 4.12. The van der Waals surface area contributed by atoms with Gasteiger partial charge in [0.15, 0.2) is 22.4 Å². The van der Waals surface area contributed by atoms with E-state index in [9.17, 15) is 14.0 Å². The maximum atomic E-state index is 13.2. The maximum Gasteiger partial charge on any atom is 0.291 e. The normalized spacial score (nSPS) is 10.6. The Morgan fingerprint density at radius 3 is 2.88 bits per heavy atom. The number of furan rings is 1. The van der Waals surface area contributed by atoms with Crippen molar-refractivity contribution in [1.82, 2.24) is 9.97 Å². The zero-order valence-electron chi connectivity index (χ0n) is 12.8. The molecule has 0 radical (unpaired) electrons. The predicted molar refractivity (Wildman–Crippen MR) is 91.9 cm³/mol. The average Bonchev–Trinajstić information content (AvgIpc) is 3.11. The molecule has 0 fully saturated rings. The van der Waals surface area contributed by atoms with Crippen LogP contribution in [0.5, 0.6) is 0 Å². The number of carbonyl (C=O) groups is 1. The van der Waals surface area contributed by atoms with Crippen molar-refractivity contribution in [3.8, 4) is 0 Å². The molecule has 3 rings (SSSR count). The Balaban J connectivity index is 1.73. The molecule has 128 valence electrons. The Labute approximate surface area is 145 Å². The number of aromatic nitrogens is 2. The molecule has 25 heavy (non-hydrogen) atoms. The Bertz CT molecular complexity index is 956. The van der Waals surface area contributed by atoms with Crippen LogP contribution in [0, 0.1) is 5.82 Å². The number of nitrogens with zero attached hydrogens (tertiary/aromatic N) is 1. The van der Waals surface area contributed by atoms with Gasteiger partial charge in [0.25, 0.3) is 11.5 Å². The van der Waals surface area contributed by atoms with E-state index in [1.807, 2.05) is 0 Å². The SMILES string of the molecule is Nc1nc(SCc2cccc(F)c2)[nH]c(=O)c1NC(=O)c1ccco1. The number of anilines is 2. The highest BCUT2D eigenvalue weighted by Crippen LogP contribution is 2.21. The van der Waals surface area contributed by atoms with E-state index >= 15 is 0 Å². The van der Waals surface area contributed by atoms with Crippen molar-refractivity contribution in [3.63, 3.8) is 0 Å².